The van der Waals surface area contributed by atoms with Crippen molar-refractivity contribution in [1.82, 2.24) is 0 Å². The van der Waals surface area contributed by atoms with Gasteiger partial charge in [0.1, 0.15) is 6.54 Å². The van der Waals surface area contributed by atoms with Crippen molar-refractivity contribution in [3.63, 3.8) is 0 Å². The predicted octanol–water partition coefficient (Wildman–Crippen LogP) is 5.30. The number of nitrogens with zero attached hydrogens (tertiary/aromatic N) is 1. The Balaban J connectivity index is 0.00000784. The Morgan fingerprint density at radius 1 is 0.759 bits per heavy atom. The maximum Gasteiger partial charge on any atom is 0.104 e. The third kappa shape index (κ3) is 14.8. The van der Waals surface area contributed by atoms with Crippen molar-refractivity contribution in [1.29, 1.82) is 0 Å². The van der Waals surface area contributed by atoms with Gasteiger partial charge in [0.25, 0.3) is 0 Å². The van der Waals surface area contributed by atoms with Crippen molar-refractivity contribution < 1.29 is 16.9 Å². The van der Waals surface area contributed by atoms with E-state index in [1.54, 1.807) is 0 Å². The standard InChI is InChI=1S/C27H48N.ClH/c1-5-6-7-8-9-10-11-12-13-14-15-16-17-19-22-26(2)28(3,4)25-27-23-20-18-21-24-27;/h12-13,18,20-21,23-24,26H,5-11,14-17,19,22,25H2,1-4H3;1H/q+1;/p-1/b13-12-;. The van der Waals surface area contributed by atoms with E-state index in [2.05, 4.69) is 70.4 Å². The van der Waals surface area contributed by atoms with E-state index in [4.69, 9.17) is 0 Å². The first-order valence-electron chi connectivity index (χ1n) is 12.1. The van der Waals surface area contributed by atoms with Crippen molar-refractivity contribution in [2.45, 2.75) is 110 Å². The zero-order valence-electron chi connectivity index (χ0n) is 19.8. The number of allylic oxidation sites excluding steroid dienone is 2. The summed E-state index contributed by atoms with van der Waals surface area (Å²) in [5.41, 5.74) is 1.45. The van der Waals surface area contributed by atoms with Gasteiger partial charge in [0.05, 0.1) is 20.1 Å². The van der Waals surface area contributed by atoms with E-state index in [1.807, 2.05) is 0 Å². The second-order valence-corrected chi connectivity index (χ2v) is 9.29. The van der Waals surface area contributed by atoms with Gasteiger partial charge in [-0.1, -0.05) is 94.4 Å². The highest BCUT2D eigenvalue weighted by Gasteiger charge is 2.23. The molecule has 168 valence electrons. The summed E-state index contributed by atoms with van der Waals surface area (Å²) in [5.74, 6) is 0. The summed E-state index contributed by atoms with van der Waals surface area (Å²) in [7, 11) is 4.76. The van der Waals surface area contributed by atoms with E-state index < -0.39 is 0 Å². The van der Waals surface area contributed by atoms with Crippen LogP contribution in [0, 0.1) is 0 Å². The molecule has 0 aliphatic heterocycles. The molecule has 0 radical (unpaired) electrons. The van der Waals surface area contributed by atoms with Crippen molar-refractivity contribution in [2.24, 2.45) is 0 Å². The first-order valence-corrected chi connectivity index (χ1v) is 12.1. The van der Waals surface area contributed by atoms with E-state index >= 15 is 0 Å². The number of hydrogen-bond donors (Lipinski definition) is 0. The molecule has 1 atom stereocenters. The van der Waals surface area contributed by atoms with E-state index in [0.717, 1.165) is 17.1 Å². The van der Waals surface area contributed by atoms with Gasteiger partial charge in [-0.25, -0.2) is 0 Å². The van der Waals surface area contributed by atoms with E-state index in [-0.39, 0.29) is 12.4 Å². The van der Waals surface area contributed by atoms with Crippen LogP contribution in [0.15, 0.2) is 42.5 Å². The topological polar surface area (TPSA) is 0 Å². The Kier molecular flexibility index (Phi) is 17.5. The number of benzene rings is 1. The Morgan fingerprint density at radius 3 is 1.86 bits per heavy atom. The molecular formula is C27H48ClN. The van der Waals surface area contributed by atoms with Gasteiger partial charge in [-0.15, -0.1) is 0 Å². The van der Waals surface area contributed by atoms with Crippen LogP contribution in [0.25, 0.3) is 0 Å². The molecule has 0 spiro atoms. The molecule has 0 saturated heterocycles. The molecule has 1 unspecified atom stereocenters. The van der Waals surface area contributed by atoms with Crippen LogP contribution in [0.5, 0.6) is 0 Å². The third-order valence-electron chi connectivity index (χ3n) is 6.26. The van der Waals surface area contributed by atoms with Gasteiger partial charge in [0, 0.05) is 5.56 Å². The van der Waals surface area contributed by atoms with Gasteiger partial charge in [-0.05, 0) is 45.4 Å². The minimum absolute atomic E-state index is 0. The lowest BCUT2D eigenvalue weighted by atomic mass is 10.0. The van der Waals surface area contributed by atoms with Crippen LogP contribution in [0.1, 0.15) is 103 Å². The van der Waals surface area contributed by atoms with Crippen LogP contribution in [0.3, 0.4) is 0 Å². The van der Waals surface area contributed by atoms with Gasteiger partial charge < -0.3 is 16.9 Å². The smallest absolute Gasteiger partial charge is 0.104 e. The monoisotopic (exact) mass is 421 g/mol. The summed E-state index contributed by atoms with van der Waals surface area (Å²) in [4.78, 5) is 0. The zero-order valence-corrected chi connectivity index (χ0v) is 20.6. The van der Waals surface area contributed by atoms with Gasteiger partial charge in [0.15, 0.2) is 0 Å². The quantitative estimate of drug-likeness (QED) is 0.182. The molecule has 1 aromatic carbocycles. The number of rotatable bonds is 17. The fourth-order valence-corrected chi connectivity index (χ4v) is 3.89. The highest BCUT2D eigenvalue weighted by molar-refractivity contribution is 5.13. The summed E-state index contributed by atoms with van der Waals surface area (Å²) < 4.78 is 1.09. The fourth-order valence-electron chi connectivity index (χ4n) is 3.89. The number of unbranched alkanes of at least 4 members (excludes halogenated alkanes) is 10. The van der Waals surface area contributed by atoms with Crippen LogP contribution >= 0.6 is 0 Å². The largest absolute Gasteiger partial charge is 1.00 e. The molecule has 0 amide bonds. The van der Waals surface area contributed by atoms with Gasteiger partial charge in [-0.3, -0.25) is 0 Å². The Bertz CT molecular complexity index is 495. The molecule has 0 N–H and O–H groups in total. The Morgan fingerprint density at radius 2 is 1.28 bits per heavy atom. The molecule has 0 saturated carbocycles. The van der Waals surface area contributed by atoms with Crippen molar-refractivity contribution in [3.8, 4) is 0 Å². The van der Waals surface area contributed by atoms with Crippen LogP contribution in [-0.4, -0.2) is 24.6 Å². The second kappa shape index (κ2) is 18.0. The fraction of sp³-hybridized carbons (Fsp3) is 0.704. The lowest BCUT2D eigenvalue weighted by Gasteiger charge is -2.36. The first kappa shape index (κ1) is 28.2. The molecule has 0 bridgehead atoms. The number of halogens is 1. The molecule has 1 aromatic rings. The van der Waals surface area contributed by atoms with Gasteiger partial charge >= 0.3 is 0 Å². The molecular weight excluding hydrogens is 374 g/mol. The highest BCUT2D eigenvalue weighted by atomic mass is 35.5. The van der Waals surface area contributed by atoms with E-state index in [0.29, 0.717) is 0 Å². The maximum absolute atomic E-state index is 2.43. The van der Waals surface area contributed by atoms with Crippen molar-refractivity contribution >= 4 is 0 Å². The normalized spacial score (nSPS) is 12.8. The summed E-state index contributed by atoms with van der Waals surface area (Å²) in [6.45, 7) is 5.84. The minimum Gasteiger partial charge on any atom is -1.00 e. The Hall–Kier alpha value is -0.790. The second-order valence-electron chi connectivity index (χ2n) is 9.29. The summed E-state index contributed by atoms with van der Waals surface area (Å²) in [6.07, 6.45) is 22.7. The van der Waals surface area contributed by atoms with Crippen molar-refractivity contribution in [3.05, 3.63) is 48.0 Å². The molecule has 1 nitrogen and oxygen atoms in total. The molecule has 0 aromatic heterocycles. The zero-order chi connectivity index (χ0) is 20.5. The van der Waals surface area contributed by atoms with Crippen LogP contribution in [0.4, 0.5) is 0 Å². The van der Waals surface area contributed by atoms with Crippen LogP contribution in [0.2, 0.25) is 0 Å². The highest BCUT2D eigenvalue weighted by Crippen LogP contribution is 2.19. The predicted molar refractivity (Wildman–Crippen MR) is 127 cm³/mol. The molecule has 1 rings (SSSR count). The van der Waals surface area contributed by atoms with E-state index in [1.165, 1.54) is 89.0 Å². The molecule has 0 fully saturated rings. The maximum atomic E-state index is 2.43. The SMILES string of the molecule is CCCCCCCC/C=C\CCCCCCC(C)[N+](C)(C)Cc1ccccc1.[Cl-]. The average molecular weight is 422 g/mol. The Labute approximate surface area is 189 Å². The lowest BCUT2D eigenvalue weighted by Crippen LogP contribution is -3.00. The third-order valence-corrected chi connectivity index (χ3v) is 6.26. The minimum atomic E-state index is 0. The lowest BCUT2D eigenvalue weighted by molar-refractivity contribution is -0.926. The molecule has 29 heavy (non-hydrogen) atoms. The van der Waals surface area contributed by atoms with E-state index in [9.17, 15) is 0 Å². The average Bonchev–Trinajstić information content (AvgIpc) is 2.68. The molecule has 0 aliphatic rings. The molecule has 2 heteroatoms. The van der Waals surface area contributed by atoms with Crippen molar-refractivity contribution in [2.75, 3.05) is 14.1 Å². The van der Waals surface area contributed by atoms with Gasteiger partial charge in [0.2, 0.25) is 0 Å². The molecule has 0 heterocycles. The molecule has 0 aliphatic carbocycles. The van der Waals surface area contributed by atoms with Gasteiger partial charge in [-0.2, -0.15) is 0 Å². The summed E-state index contributed by atoms with van der Waals surface area (Å²) >= 11 is 0. The van der Waals surface area contributed by atoms with Crippen LogP contribution < -0.4 is 12.4 Å². The summed E-state index contributed by atoms with van der Waals surface area (Å²) in [5, 5.41) is 0. The first-order chi connectivity index (χ1) is 13.6. The number of hydrogen-bond acceptors (Lipinski definition) is 0. The van der Waals surface area contributed by atoms with Crippen LogP contribution in [-0.2, 0) is 6.54 Å². The number of quaternary nitrogens is 1. The summed E-state index contributed by atoms with van der Waals surface area (Å²) in [6, 6.07) is 11.7.